The fourth-order valence-corrected chi connectivity index (χ4v) is 8.08. The Kier molecular flexibility index (Phi) is 11.2. The van der Waals surface area contributed by atoms with Crippen molar-refractivity contribution in [2.75, 3.05) is 18.5 Å². The molecule has 0 aliphatic carbocycles. The van der Waals surface area contributed by atoms with E-state index >= 15 is 0 Å². The van der Waals surface area contributed by atoms with E-state index in [1.54, 1.807) is 24.3 Å². The van der Waals surface area contributed by atoms with Gasteiger partial charge >= 0.3 is 33.4 Å². The summed E-state index contributed by atoms with van der Waals surface area (Å²) in [6, 6.07) is 38.9. The van der Waals surface area contributed by atoms with E-state index in [4.69, 9.17) is 4.74 Å². The maximum absolute atomic E-state index is 14.2. The molecule has 0 bridgehead atoms. The molecule has 1 atom stereocenters. The molecule has 0 saturated carbocycles. The molecule has 0 amide bonds. The molecule has 6 aromatic carbocycles. The summed E-state index contributed by atoms with van der Waals surface area (Å²) in [4.78, 5) is 2.22. The van der Waals surface area contributed by atoms with Gasteiger partial charge in [-0.05, 0) is 81.9 Å². The van der Waals surface area contributed by atoms with Gasteiger partial charge in [0.2, 0.25) is 0 Å². The smallest absolute Gasteiger partial charge is 0.460 e. The van der Waals surface area contributed by atoms with E-state index in [1.165, 1.54) is 0 Å². The van der Waals surface area contributed by atoms with Crippen LogP contribution in [0.1, 0.15) is 36.5 Å². The summed E-state index contributed by atoms with van der Waals surface area (Å²) in [5, 5.41) is -5.12. The average molecular weight is 870 g/mol. The normalized spacial score (nSPS) is 15.9. The van der Waals surface area contributed by atoms with Crippen LogP contribution in [-0.2, 0) is 15.7 Å². The van der Waals surface area contributed by atoms with Crippen LogP contribution in [0.2, 0.25) is 0 Å². The minimum absolute atomic E-state index is 0.357. The molecule has 0 radical (unpaired) electrons. The highest BCUT2D eigenvalue weighted by Crippen LogP contribution is 2.55. The molecule has 0 N–H and O–H groups in total. The highest BCUT2D eigenvalue weighted by molar-refractivity contribution is 7.88. The molecule has 15 heteroatoms. The first-order valence-electron chi connectivity index (χ1n) is 18.9. The Morgan fingerprint density at radius 2 is 1.20 bits per heavy atom. The third-order valence-corrected chi connectivity index (χ3v) is 11.9. The van der Waals surface area contributed by atoms with Crippen LogP contribution in [0.4, 0.5) is 45.2 Å². The van der Waals surface area contributed by atoms with Crippen molar-refractivity contribution in [1.82, 2.24) is 0 Å². The van der Waals surface area contributed by atoms with Crippen molar-refractivity contribution in [2.24, 2.45) is 0 Å². The van der Waals surface area contributed by atoms with E-state index in [1.807, 2.05) is 60.7 Å². The zero-order valence-electron chi connectivity index (χ0n) is 32.4. The summed E-state index contributed by atoms with van der Waals surface area (Å²) >= 11 is 0. The number of halogens is 9. The second-order valence-corrected chi connectivity index (χ2v) is 16.1. The Morgan fingerprint density at radius 1 is 0.656 bits per heavy atom. The molecule has 1 aliphatic rings. The average Bonchev–Trinajstić information content (AvgIpc) is 3.25. The predicted molar refractivity (Wildman–Crippen MR) is 217 cm³/mol. The molecule has 5 nitrogen and oxygen atoms in total. The molecule has 0 fully saturated rings. The Bertz CT molecular complexity index is 2670. The minimum Gasteiger partial charge on any atom is -0.473 e. The minimum atomic E-state index is -7.41. The molecule has 0 aromatic heterocycles. The van der Waals surface area contributed by atoms with Crippen LogP contribution >= 0.6 is 0 Å². The molecule has 6 aromatic rings. The monoisotopic (exact) mass is 869 g/mol. The van der Waals surface area contributed by atoms with Crippen molar-refractivity contribution in [3.8, 4) is 33.8 Å². The second-order valence-electron chi connectivity index (χ2n) is 14.5. The van der Waals surface area contributed by atoms with Gasteiger partial charge in [-0.3, -0.25) is 0 Å². The van der Waals surface area contributed by atoms with E-state index < -0.39 is 44.7 Å². The van der Waals surface area contributed by atoms with Crippen LogP contribution < -0.4 is 13.8 Å². The van der Waals surface area contributed by atoms with E-state index in [2.05, 4.69) is 59.5 Å². The third kappa shape index (κ3) is 7.57. The van der Waals surface area contributed by atoms with Crippen LogP contribution in [0.5, 0.6) is 11.5 Å². The lowest BCUT2D eigenvalue weighted by Crippen LogP contribution is -2.63. The van der Waals surface area contributed by atoms with Crippen LogP contribution in [-0.4, -0.2) is 45.3 Å². The Hall–Kier alpha value is -5.96. The lowest BCUT2D eigenvalue weighted by Gasteiger charge is -2.37. The zero-order chi connectivity index (χ0) is 44.0. The zero-order valence-corrected chi connectivity index (χ0v) is 33.2. The van der Waals surface area contributed by atoms with E-state index in [-0.39, 0.29) is 0 Å². The van der Waals surface area contributed by atoms with Gasteiger partial charge in [0.05, 0.1) is 0 Å². The van der Waals surface area contributed by atoms with Crippen LogP contribution in [0.15, 0.2) is 140 Å². The topological polar surface area (TPSA) is 55.8 Å². The Balaban J connectivity index is 1.18. The molecule has 1 aliphatic heterocycles. The molecule has 61 heavy (non-hydrogen) atoms. The van der Waals surface area contributed by atoms with Gasteiger partial charge in [-0.1, -0.05) is 116 Å². The number of ether oxygens (including phenoxy) is 1. The number of benzene rings is 6. The van der Waals surface area contributed by atoms with Gasteiger partial charge in [-0.25, -0.2) is 0 Å². The number of nitrogens with zero attached hydrogens (tertiary/aromatic N) is 1. The van der Waals surface area contributed by atoms with Crippen LogP contribution in [0.25, 0.3) is 39.1 Å². The van der Waals surface area contributed by atoms with E-state index in [9.17, 15) is 47.9 Å². The van der Waals surface area contributed by atoms with Crippen molar-refractivity contribution >= 4 is 32.7 Å². The van der Waals surface area contributed by atoms with Gasteiger partial charge in [0.1, 0.15) is 11.5 Å². The fourth-order valence-electron chi connectivity index (χ4n) is 7.17. The van der Waals surface area contributed by atoms with Gasteiger partial charge in [0.25, 0.3) is 0 Å². The lowest BCUT2D eigenvalue weighted by molar-refractivity contribution is -0.382. The number of hydrogen-bond acceptors (Lipinski definition) is 5. The quantitative estimate of drug-likeness (QED) is 0.0855. The van der Waals surface area contributed by atoms with Crippen LogP contribution in [0, 0.1) is 0 Å². The molecular weight excluding hydrogens is 834 g/mol. The highest BCUT2D eigenvalue weighted by atomic mass is 32.2. The van der Waals surface area contributed by atoms with Crippen molar-refractivity contribution in [3.63, 3.8) is 0 Å². The number of rotatable bonds is 13. The molecule has 0 saturated heterocycles. The maximum Gasteiger partial charge on any atom is 0.460 e. The van der Waals surface area contributed by atoms with Gasteiger partial charge in [-0.2, -0.15) is 47.9 Å². The largest absolute Gasteiger partial charge is 0.473 e. The van der Waals surface area contributed by atoms with Crippen molar-refractivity contribution < 1.29 is 56.9 Å². The Morgan fingerprint density at radius 3 is 1.79 bits per heavy atom. The SMILES string of the molecule is CCCCN(C)c1ccc(C2(c3ccccc3)C=Cc3c(cc(-c4ccc(-c5ccc(OS(=O)(=O)C(F)(F)C(F)(F)C(F)(F)C(F)(F)F)cc5)cc4)c4ccccc34)O2)cc1. The van der Waals surface area contributed by atoms with E-state index in [0.29, 0.717) is 16.9 Å². The first kappa shape index (κ1) is 43.1. The summed E-state index contributed by atoms with van der Waals surface area (Å²) in [7, 11) is -5.01. The number of hydrogen-bond donors (Lipinski definition) is 0. The first-order chi connectivity index (χ1) is 28.7. The van der Waals surface area contributed by atoms with Crippen molar-refractivity contribution in [2.45, 2.75) is 48.6 Å². The molecular formula is C46H36F9NO4S. The third-order valence-electron chi connectivity index (χ3n) is 10.6. The fraction of sp³-hybridized carbons (Fsp3) is 0.217. The highest BCUT2D eigenvalue weighted by Gasteiger charge is 2.86. The van der Waals surface area contributed by atoms with Gasteiger partial charge in [0.15, 0.2) is 5.60 Å². The van der Waals surface area contributed by atoms with Crippen LogP contribution in [0.3, 0.4) is 0 Å². The summed E-state index contributed by atoms with van der Waals surface area (Å²) in [6.07, 6.45) is -0.899. The molecule has 1 unspecified atom stereocenters. The Labute approximate surface area is 345 Å². The summed E-state index contributed by atoms with van der Waals surface area (Å²) in [5.41, 5.74) is 5.33. The summed E-state index contributed by atoms with van der Waals surface area (Å²) < 4.78 is 155. The predicted octanol–water partition coefficient (Wildman–Crippen LogP) is 12.9. The van der Waals surface area contributed by atoms with E-state index in [0.717, 1.165) is 87.9 Å². The standard InChI is InChI=1S/C46H36F9NO4S/c1-3-4-28-56(2)35-22-20-34(21-23-35)42(33-10-6-5-7-11-33)27-26-39-37-12-8-9-13-38(37)40(29-41(39)59-42)32-16-14-30(15-17-32)31-18-24-36(25-19-31)60-61(57,58)46(54,55)44(49,50)43(47,48)45(51,52)53/h5-27,29H,3-4,28H2,1-2H3. The first-order valence-corrected chi connectivity index (χ1v) is 20.3. The molecule has 318 valence electrons. The number of fused-ring (bicyclic) bond motifs is 3. The van der Waals surface area contributed by atoms with Gasteiger partial charge in [0, 0.05) is 36.0 Å². The molecule has 7 rings (SSSR count). The summed E-state index contributed by atoms with van der Waals surface area (Å²) in [5.74, 6) is -15.2. The number of unbranched alkanes of at least 4 members (excludes halogenated alkanes) is 1. The molecule has 1 heterocycles. The second kappa shape index (κ2) is 15.8. The lowest BCUT2D eigenvalue weighted by atomic mass is 9.82. The van der Waals surface area contributed by atoms with Gasteiger partial charge < -0.3 is 13.8 Å². The molecule has 0 spiro atoms. The van der Waals surface area contributed by atoms with Gasteiger partial charge in [-0.15, -0.1) is 0 Å². The number of anilines is 1. The van der Waals surface area contributed by atoms with Crippen molar-refractivity contribution in [3.05, 3.63) is 156 Å². The summed E-state index contributed by atoms with van der Waals surface area (Å²) in [6.45, 7) is 3.08. The van der Waals surface area contributed by atoms with Crippen molar-refractivity contribution in [1.29, 1.82) is 0 Å². The number of alkyl halides is 9. The maximum atomic E-state index is 14.2.